The average molecular weight is 247 g/mol. The first kappa shape index (κ1) is 11.2. The summed E-state index contributed by atoms with van der Waals surface area (Å²) in [4.78, 5) is 6.72. The third kappa shape index (κ3) is 2.08. The van der Waals surface area contributed by atoms with Crippen LogP contribution >= 0.6 is 0 Å². The van der Waals surface area contributed by atoms with Gasteiger partial charge in [0, 0.05) is 38.9 Å². The van der Waals surface area contributed by atoms with E-state index in [4.69, 9.17) is 0 Å². The largest absolute Gasteiger partial charge is 0.337 e. The Balaban J connectivity index is 1.80. The number of hydrogen-bond acceptors (Lipinski definition) is 5. The second-order valence-electron chi connectivity index (χ2n) is 4.69. The van der Waals surface area contributed by atoms with Crippen molar-refractivity contribution in [1.82, 2.24) is 30.3 Å². The highest BCUT2D eigenvalue weighted by molar-refractivity contribution is 5.54. The first-order chi connectivity index (χ1) is 8.72. The zero-order valence-electron chi connectivity index (χ0n) is 10.6. The quantitative estimate of drug-likeness (QED) is 0.781. The van der Waals surface area contributed by atoms with Crippen LogP contribution in [-0.4, -0.2) is 50.6 Å². The molecule has 0 bridgehead atoms. The van der Waals surface area contributed by atoms with Crippen molar-refractivity contribution in [3.8, 4) is 11.4 Å². The highest BCUT2D eigenvalue weighted by Crippen LogP contribution is 2.17. The minimum absolute atomic E-state index is 0.471. The first-order valence-electron chi connectivity index (χ1n) is 6.12. The van der Waals surface area contributed by atoms with Gasteiger partial charge < -0.3 is 10.2 Å². The van der Waals surface area contributed by atoms with E-state index in [9.17, 15) is 0 Å². The number of aryl methyl sites for hydroxylation is 1. The summed E-state index contributed by atoms with van der Waals surface area (Å²) in [5.74, 6) is 1.53. The molecule has 2 N–H and O–H groups in total. The second kappa shape index (κ2) is 4.41. The molecule has 1 aliphatic heterocycles. The molecular weight excluding hydrogens is 230 g/mol. The molecule has 7 heteroatoms. The number of nitrogens with zero attached hydrogens (tertiary/aromatic N) is 5. The normalized spacial score (nSPS) is 20.3. The molecule has 1 atom stereocenters. The number of aromatic amines is 1. The van der Waals surface area contributed by atoms with Crippen molar-refractivity contribution in [3.63, 3.8) is 0 Å². The van der Waals surface area contributed by atoms with Gasteiger partial charge in [-0.25, -0.2) is 0 Å². The summed E-state index contributed by atoms with van der Waals surface area (Å²) >= 11 is 0. The number of H-pyrrole nitrogens is 1. The molecular formula is C11H17N7. The predicted octanol–water partition coefficient (Wildman–Crippen LogP) is 0.00330. The third-order valence-corrected chi connectivity index (χ3v) is 3.10. The molecule has 2 aromatic rings. The summed E-state index contributed by atoms with van der Waals surface area (Å²) in [5, 5.41) is 14.8. The van der Waals surface area contributed by atoms with Gasteiger partial charge in [0.1, 0.15) is 0 Å². The number of piperazine rings is 1. The molecule has 96 valence electrons. The average Bonchev–Trinajstić information content (AvgIpc) is 2.97. The highest BCUT2D eigenvalue weighted by Gasteiger charge is 2.19. The molecule has 18 heavy (non-hydrogen) atoms. The van der Waals surface area contributed by atoms with Crippen LogP contribution in [0.2, 0.25) is 0 Å². The van der Waals surface area contributed by atoms with Gasteiger partial charge in [0.05, 0.1) is 11.8 Å². The van der Waals surface area contributed by atoms with Gasteiger partial charge in [0.2, 0.25) is 5.95 Å². The van der Waals surface area contributed by atoms with Crippen molar-refractivity contribution in [2.24, 2.45) is 7.05 Å². The van der Waals surface area contributed by atoms with Crippen LogP contribution in [0.4, 0.5) is 5.95 Å². The van der Waals surface area contributed by atoms with E-state index in [1.54, 1.807) is 10.9 Å². The van der Waals surface area contributed by atoms with Crippen LogP contribution in [0, 0.1) is 0 Å². The Bertz CT molecular complexity index is 529. The van der Waals surface area contributed by atoms with Gasteiger partial charge in [-0.2, -0.15) is 10.1 Å². The van der Waals surface area contributed by atoms with Gasteiger partial charge >= 0.3 is 0 Å². The Hall–Kier alpha value is -1.89. The van der Waals surface area contributed by atoms with Gasteiger partial charge in [-0.3, -0.25) is 9.78 Å². The summed E-state index contributed by atoms with van der Waals surface area (Å²) in [7, 11) is 1.89. The maximum absolute atomic E-state index is 4.53. The van der Waals surface area contributed by atoms with Crippen LogP contribution in [0.3, 0.4) is 0 Å². The number of aromatic nitrogens is 5. The first-order valence-corrected chi connectivity index (χ1v) is 6.12. The van der Waals surface area contributed by atoms with Gasteiger partial charge in [-0.1, -0.05) is 0 Å². The Labute approximate surface area is 105 Å². The van der Waals surface area contributed by atoms with E-state index in [0.29, 0.717) is 6.04 Å². The topological polar surface area (TPSA) is 74.7 Å². The SMILES string of the molecule is C[C@@H]1CN(c2n[nH]c(-c3cnn(C)c3)n2)CCN1. The maximum Gasteiger partial charge on any atom is 0.245 e. The predicted molar refractivity (Wildman–Crippen MR) is 68.3 cm³/mol. The Kier molecular flexibility index (Phi) is 2.75. The van der Waals surface area contributed by atoms with E-state index in [1.807, 2.05) is 13.2 Å². The number of anilines is 1. The lowest BCUT2D eigenvalue weighted by Crippen LogP contribution is -2.49. The lowest BCUT2D eigenvalue weighted by molar-refractivity contribution is 0.480. The molecule has 0 aromatic carbocycles. The molecule has 1 aliphatic rings. The summed E-state index contributed by atoms with van der Waals surface area (Å²) in [6.45, 7) is 5.01. The zero-order chi connectivity index (χ0) is 12.5. The molecule has 0 spiro atoms. The molecule has 0 unspecified atom stereocenters. The Morgan fingerprint density at radius 3 is 3.06 bits per heavy atom. The van der Waals surface area contributed by atoms with E-state index >= 15 is 0 Å². The number of nitrogens with one attached hydrogen (secondary N) is 2. The molecule has 2 aromatic heterocycles. The van der Waals surface area contributed by atoms with Crippen LogP contribution in [0.1, 0.15) is 6.92 Å². The molecule has 1 saturated heterocycles. The van der Waals surface area contributed by atoms with Gasteiger partial charge in [-0.05, 0) is 6.92 Å². The zero-order valence-corrected chi connectivity index (χ0v) is 10.6. The molecule has 3 heterocycles. The minimum Gasteiger partial charge on any atom is -0.337 e. The van der Waals surface area contributed by atoms with Crippen LogP contribution in [0.15, 0.2) is 12.4 Å². The van der Waals surface area contributed by atoms with Crippen molar-refractivity contribution < 1.29 is 0 Å². The van der Waals surface area contributed by atoms with E-state index in [-0.39, 0.29) is 0 Å². The molecule has 0 saturated carbocycles. The molecule has 1 fully saturated rings. The summed E-state index contributed by atoms with van der Waals surface area (Å²) in [5.41, 5.74) is 0.958. The van der Waals surface area contributed by atoms with E-state index in [1.165, 1.54) is 0 Å². The number of rotatable bonds is 2. The van der Waals surface area contributed by atoms with Gasteiger partial charge in [-0.15, -0.1) is 5.10 Å². The molecule has 0 radical (unpaired) electrons. The van der Waals surface area contributed by atoms with Crippen LogP contribution in [0.25, 0.3) is 11.4 Å². The van der Waals surface area contributed by atoms with Gasteiger partial charge in [0.15, 0.2) is 5.82 Å². The Morgan fingerprint density at radius 2 is 2.33 bits per heavy atom. The number of hydrogen-bond donors (Lipinski definition) is 2. The standard InChI is InChI=1S/C11H17N7/c1-8-6-18(4-3-12-8)11-14-10(15-16-11)9-5-13-17(2)7-9/h5,7-8,12H,3-4,6H2,1-2H3,(H,14,15,16)/t8-/m1/s1. The van der Waals surface area contributed by atoms with Crippen LogP contribution < -0.4 is 10.2 Å². The van der Waals surface area contributed by atoms with Crippen molar-refractivity contribution in [1.29, 1.82) is 0 Å². The fourth-order valence-corrected chi connectivity index (χ4v) is 2.18. The van der Waals surface area contributed by atoms with E-state index in [2.05, 4.69) is 37.4 Å². The summed E-state index contributed by atoms with van der Waals surface area (Å²) < 4.78 is 1.75. The fraction of sp³-hybridized carbons (Fsp3) is 0.545. The van der Waals surface area contributed by atoms with Crippen molar-refractivity contribution in [2.75, 3.05) is 24.5 Å². The molecule has 3 rings (SSSR count). The van der Waals surface area contributed by atoms with E-state index < -0.39 is 0 Å². The highest BCUT2D eigenvalue weighted by atomic mass is 15.4. The second-order valence-corrected chi connectivity index (χ2v) is 4.69. The Morgan fingerprint density at radius 1 is 1.44 bits per heavy atom. The van der Waals surface area contributed by atoms with Crippen molar-refractivity contribution in [3.05, 3.63) is 12.4 Å². The third-order valence-electron chi connectivity index (χ3n) is 3.10. The van der Waals surface area contributed by atoms with Gasteiger partial charge in [0.25, 0.3) is 0 Å². The monoisotopic (exact) mass is 247 g/mol. The lowest BCUT2D eigenvalue weighted by atomic mass is 10.2. The minimum atomic E-state index is 0.471. The maximum atomic E-state index is 4.53. The molecule has 0 amide bonds. The van der Waals surface area contributed by atoms with Crippen molar-refractivity contribution >= 4 is 5.95 Å². The molecule has 7 nitrogen and oxygen atoms in total. The summed E-state index contributed by atoms with van der Waals surface area (Å²) in [6.07, 6.45) is 3.70. The fourth-order valence-electron chi connectivity index (χ4n) is 2.18. The van der Waals surface area contributed by atoms with E-state index in [0.717, 1.165) is 37.0 Å². The molecule has 0 aliphatic carbocycles. The van der Waals surface area contributed by atoms with Crippen LogP contribution in [0.5, 0.6) is 0 Å². The smallest absolute Gasteiger partial charge is 0.245 e. The van der Waals surface area contributed by atoms with Crippen LogP contribution in [-0.2, 0) is 7.05 Å². The lowest BCUT2D eigenvalue weighted by Gasteiger charge is -2.30. The summed E-state index contributed by atoms with van der Waals surface area (Å²) in [6, 6.07) is 0.471. The van der Waals surface area contributed by atoms with Crippen molar-refractivity contribution in [2.45, 2.75) is 13.0 Å².